The van der Waals surface area contributed by atoms with Crippen LogP contribution in [-0.4, -0.2) is 24.0 Å². The van der Waals surface area contributed by atoms with Crippen LogP contribution in [0.2, 0.25) is 0 Å². The molecule has 1 N–H and O–H groups in total. The summed E-state index contributed by atoms with van der Waals surface area (Å²) < 4.78 is 0. The van der Waals surface area contributed by atoms with Gasteiger partial charge in [0.15, 0.2) is 0 Å². The van der Waals surface area contributed by atoms with E-state index in [2.05, 4.69) is 5.16 Å². The summed E-state index contributed by atoms with van der Waals surface area (Å²) in [5.74, 6) is 0. The Hall–Kier alpha value is -1.35. The van der Waals surface area contributed by atoms with Gasteiger partial charge in [-0.25, -0.2) is 0 Å². The third-order valence-electron chi connectivity index (χ3n) is 2.12. The van der Waals surface area contributed by atoms with Crippen molar-refractivity contribution in [3.05, 3.63) is 35.9 Å². The van der Waals surface area contributed by atoms with E-state index in [1.165, 1.54) is 0 Å². The Bertz CT molecular complexity index is 285. The summed E-state index contributed by atoms with van der Waals surface area (Å²) in [6.45, 7) is 2.15. The first-order chi connectivity index (χ1) is 7.36. The second kappa shape index (κ2) is 7.01. The molecule has 0 aliphatic rings. The average molecular weight is 207 g/mol. The van der Waals surface area contributed by atoms with Gasteiger partial charge < -0.3 is 9.94 Å². The zero-order valence-electron chi connectivity index (χ0n) is 8.97. The van der Waals surface area contributed by atoms with Gasteiger partial charge in [0.1, 0.15) is 6.10 Å². The van der Waals surface area contributed by atoms with Crippen LogP contribution in [0.15, 0.2) is 35.5 Å². The molecule has 1 aromatic rings. The molecule has 1 aromatic carbocycles. The number of oxime groups is 1. The molecule has 0 saturated carbocycles. The van der Waals surface area contributed by atoms with Crippen LogP contribution in [-0.2, 0) is 4.84 Å². The molecule has 0 unspecified atom stereocenters. The lowest BCUT2D eigenvalue weighted by Crippen LogP contribution is -2.10. The first kappa shape index (κ1) is 11.7. The fraction of sp³-hybridized carbons (Fsp3) is 0.417. The summed E-state index contributed by atoms with van der Waals surface area (Å²) in [5, 5.41) is 12.6. The van der Waals surface area contributed by atoms with E-state index in [0.717, 1.165) is 12.0 Å². The van der Waals surface area contributed by atoms with Gasteiger partial charge in [-0.2, -0.15) is 0 Å². The molecule has 3 nitrogen and oxygen atoms in total. The smallest absolute Gasteiger partial charge is 0.129 e. The van der Waals surface area contributed by atoms with Crippen LogP contribution >= 0.6 is 0 Å². The van der Waals surface area contributed by atoms with Crippen LogP contribution in [0.1, 0.15) is 25.3 Å². The van der Waals surface area contributed by atoms with Crippen molar-refractivity contribution in [3.63, 3.8) is 0 Å². The highest BCUT2D eigenvalue weighted by Gasteiger charge is 2.04. The van der Waals surface area contributed by atoms with Crippen LogP contribution in [0.4, 0.5) is 0 Å². The Morgan fingerprint density at radius 1 is 1.40 bits per heavy atom. The number of aliphatic hydroxyl groups excluding tert-OH is 1. The number of aliphatic hydroxyl groups is 1. The van der Waals surface area contributed by atoms with Crippen molar-refractivity contribution in [1.29, 1.82) is 0 Å². The van der Waals surface area contributed by atoms with E-state index in [-0.39, 0.29) is 12.7 Å². The van der Waals surface area contributed by atoms with Crippen molar-refractivity contribution in [1.82, 2.24) is 0 Å². The highest BCUT2D eigenvalue weighted by Crippen LogP contribution is 2.03. The second-order valence-corrected chi connectivity index (χ2v) is 3.29. The minimum atomic E-state index is 0.00922. The molecule has 0 amide bonds. The quantitative estimate of drug-likeness (QED) is 0.574. The normalized spacial score (nSPS) is 12.9. The number of nitrogens with zero attached hydrogens (tertiary/aromatic N) is 1. The highest BCUT2D eigenvalue weighted by molar-refractivity contribution is 5.78. The molecule has 0 fully saturated rings. The zero-order valence-corrected chi connectivity index (χ0v) is 8.97. The topological polar surface area (TPSA) is 41.8 Å². The maximum atomic E-state index is 8.75. The van der Waals surface area contributed by atoms with Gasteiger partial charge in [-0.15, -0.1) is 0 Å². The maximum absolute atomic E-state index is 8.75. The van der Waals surface area contributed by atoms with Crippen LogP contribution in [0.3, 0.4) is 0 Å². The molecule has 0 heterocycles. The molecule has 0 aliphatic carbocycles. The fourth-order valence-corrected chi connectivity index (χ4v) is 1.19. The molecule has 15 heavy (non-hydrogen) atoms. The first-order valence-corrected chi connectivity index (χ1v) is 5.22. The van der Waals surface area contributed by atoms with Crippen molar-refractivity contribution in [2.45, 2.75) is 25.9 Å². The fourth-order valence-electron chi connectivity index (χ4n) is 1.19. The lowest BCUT2D eigenvalue weighted by molar-refractivity contribution is 0.0390. The van der Waals surface area contributed by atoms with Gasteiger partial charge in [0.25, 0.3) is 0 Å². The standard InChI is InChI=1S/C12H17NO2/c1-2-12(8-9-14)15-13-10-11-6-4-3-5-7-11/h3-7,10,12,14H,2,8-9H2,1H3/b13-10+/t12-/m1/s1. The molecule has 0 aromatic heterocycles. The maximum Gasteiger partial charge on any atom is 0.129 e. The predicted molar refractivity (Wildman–Crippen MR) is 60.9 cm³/mol. The van der Waals surface area contributed by atoms with E-state index in [4.69, 9.17) is 9.94 Å². The number of rotatable bonds is 6. The molecular weight excluding hydrogens is 190 g/mol. The van der Waals surface area contributed by atoms with Gasteiger partial charge in [0.2, 0.25) is 0 Å². The Morgan fingerprint density at radius 3 is 2.73 bits per heavy atom. The number of hydrogen-bond donors (Lipinski definition) is 1. The minimum absolute atomic E-state index is 0.00922. The monoisotopic (exact) mass is 207 g/mol. The highest BCUT2D eigenvalue weighted by atomic mass is 16.6. The predicted octanol–water partition coefficient (Wildman–Crippen LogP) is 2.20. The van der Waals surface area contributed by atoms with Crippen molar-refractivity contribution in [2.75, 3.05) is 6.61 Å². The Kier molecular flexibility index (Phi) is 5.48. The van der Waals surface area contributed by atoms with E-state index in [1.807, 2.05) is 37.3 Å². The van der Waals surface area contributed by atoms with Crippen molar-refractivity contribution in [2.24, 2.45) is 5.16 Å². The largest absolute Gasteiger partial charge is 0.396 e. The third kappa shape index (κ3) is 4.61. The SMILES string of the molecule is CC[C@H](CCO)O/N=C/c1ccccc1. The van der Waals surface area contributed by atoms with Gasteiger partial charge in [-0.05, 0) is 12.0 Å². The van der Waals surface area contributed by atoms with E-state index >= 15 is 0 Å². The van der Waals surface area contributed by atoms with Crippen molar-refractivity contribution < 1.29 is 9.94 Å². The van der Waals surface area contributed by atoms with Gasteiger partial charge in [0, 0.05) is 13.0 Å². The van der Waals surface area contributed by atoms with Crippen LogP contribution in [0, 0.1) is 0 Å². The number of hydrogen-bond acceptors (Lipinski definition) is 3. The molecule has 1 rings (SSSR count). The van der Waals surface area contributed by atoms with Crippen LogP contribution in [0.25, 0.3) is 0 Å². The molecule has 3 heteroatoms. The van der Waals surface area contributed by atoms with E-state index in [0.29, 0.717) is 6.42 Å². The molecule has 0 bridgehead atoms. The molecular formula is C12H17NO2. The van der Waals surface area contributed by atoms with Gasteiger partial charge in [-0.1, -0.05) is 42.4 Å². The lowest BCUT2D eigenvalue weighted by Gasteiger charge is -2.10. The summed E-state index contributed by atoms with van der Waals surface area (Å²) in [7, 11) is 0. The zero-order chi connectivity index (χ0) is 10.9. The summed E-state index contributed by atoms with van der Waals surface area (Å²) in [4.78, 5) is 5.25. The second-order valence-electron chi connectivity index (χ2n) is 3.29. The van der Waals surface area contributed by atoms with Crippen molar-refractivity contribution in [3.8, 4) is 0 Å². The van der Waals surface area contributed by atoms with E-state index < -0.39 is 0 Å². The Balaban J connectivity index is 2.38. The van der Waals surface area contributed by atoms with E-state index in [9.17, 15) is 0 Å². The molecule has 82 valence electrons. The molecule has 0 saturated heterocycles. The minimum Gasteiger partial charge on any atom is -0.396 e. The van der Waals surface area contributed by atoms with Gasteiger partial charge in [0.05, 0.1) is 6.21 Å². The summed E-state index contributed by atoms with van der Waals surface area (Å²) >= 11 is 0. The van der Waals surface area contributed by atoms with Gasteiger partial charge in [-0.3, -0.25) is 0 Å². The van der Waals surface area contributed by atoms with Crippen LogP contribution < -0.4 is 0 Å². The molecule has 1 atom stereocenters. The summed E-state index contributed by atoms with van der Waals surface area (Å²) in [5.41, 5.74) is 1.01. The Morgan fingerprint density at radius 2 is 2.13 bits per heavy atom. The summed E-state index contributed by atoms with van der Waals surface area (Å²) in [6, 6.07) is 9.78. The summed E-state index contributed by atoms with van der Waals surface area (Å²) in [6.07, 6.45) is 3.17. The average Bonchev–Trinajstić information content (AvgIpc) is 2.29. The molecule has 0 spiro atoms. The number of benzene rings is 1. The van der Waals surface area contributed by atoms with Crippen molar-refractivity contribution >= 4 is 6.21 Å². The van der Waals surface area contributed by atoms with E-state index in [1.54, 1.807) is 6.21 Å². The third-order valence-corrected chi connectivity index (χ3v) is 2.12. The lowest BCUT2D eigenvalue weighted by atomic mass is 10.2. The van der Waals surface area contributed by atoms with Gasteiger partial charge >= 0.3 is 0 Å². The van der Waals surface area contributed by atoms with Crippen LogP contribution in [0.5, 0.6) is 0 Å². The first-order valence-electron chi connectivity index (χ1n) is 5.22. The Labute approximate surface area is 90.4 Å². The molecule has 0 aliphatic heterocycles. The molecule has 0 radical (unpaired) electrons.